The summed E-state index contributed by atoms with van der Waals surface area (Å²) < 4.78 is 0. The fourth-order valence-electron chi connectivity index (χ4n) is 3.24. The van der Waals surface area contributed by atoms with Crippen LogP contribution in [0.15, 0.2) is 48.5 Å². The Kier molecular flexibility index (Phi) is 7.71. The minimum Gasteiger partial charge on any atom is -0.376 e. The monoisotopic (exact) mass is 367 g/mol. The Balaban J connectivity index is 2.02. The van der Waals surface area contributed by atoms with Crippen molar-refractivity contribution < 1.29 is 4.79 Å². The Morgan fingerprint density at radius 1 is 1.04 bits per heavy atom. The number of amides is 1. The van der Waals surface area contributed by atoms with Crippen molar-refractivity contribution in [3.8, 4) is 0 Å². The summed E-state index contributed by atoms with van der Waals surface area (Å²) in [6, 6.07) is 16.7. The van der Waals surface area contributed by atoms with Crippen molar-refractivity contribution in [3.05, 3.63) is 59.7 Å². The molecule has 0 spiro atoms. The summed E-state index contributed by atoms with van der Waals surface area (Å²) in [5, 5.41) is 3.33. The highest BCUT2D eigenvalue weighted by atomic mass is 16.2. The van der Waals surface area contributed by atoms with E-state index in [0.717, 1.165) is 29.9 Å². The Morgan fingerprint density at radius 3 is 2.26 bits per heavy atom. The molecule has 0 radical (unpaired) electrons. The Hall–Kier alpha value is -2.49. The maximum absolute atomic E-state index is 12.8. The highest BCUT2D eigenvalue weighted by Crippen LogP contribution is 2.22. The number of benzene rings is 2. The molecule has 0 aromatic heterocycles. The molecule has 0 fully saturated rings. The molecular formula is C23H33N3O. The maximum Gasteiger partial charge on any atom is 0.242 e. The van der Waals surface area contributed by atoms with Gasteiger partial charge in [0.25, 0.3) is 0 Å². The second-order valence-corrected chi connectivity index (χ2v) is 7.13. The van der Waals surface area contributed by atoms with E-state index in [-0.39, 0.29) is 11.9 Å². The number of rotatable bonds is 9. The van der Waals surface area contributed by atoms with Gasteiger partial charge in [0, 0.05) is 37.1 Å². The van der Waals surface area contributed by atoms with Crippen LogP contribution in [0, 0.1) is 6.92 Å². The smallest absolute Gasteiger partial charge is 0.242 e. The number of anilines is 2. The van der Waals surface area contributed by atoms with Gasteiger partial charge in [0.2, 0.25) is 5.91 Å². The molecule has 0 aliphatic heterocycles. The van der Waals surface area contributed by atoms with Crippen molar-refractivity contribution in [1.29, 1.82) is 0 Å². The van der Waals surface area contributed by atoms with E-state index in [4.69, 9.17) is 0 Å². The van der Waals surface area contributed by atoms with Gasteiger partial charge in [0.15, 0.2) is 0 Å². The van der Waals surface area contributed by atoms with E-state index < -0.39 is 0 Å². The van der Waals surface area contributed by atoms with E-state index in [2.05, 4.69) is 75.2 Å². The van der Waals surface area contributed by atoms with Gasteiger partial charge < -0.3 is 15.1 Å². The van der Waals surface area contributed by atoms with Gasteiger partial charge >= 0.3 is 0 Å². The van der Waals surface area contributed by atoms with Crippen molar-refractivity contribution >= 4 is 17.3 Å². The van der Waals surface area contributed by atoms with Crippen molar-refractivity contribution in [2.45, 2.75) is 47.2 Å². The van der Waals surface area contributed by atoms with Crippen LogP contribution in [0.25, 0.3) is 0 Å². The van der Waals surface area contributed by atoms with Gasteiger partial charge in [-0.05, 0) is 63.9 Å². The lowest BCUT2D eigenvalue weighted by Crippen LogP contribution is -2.39. The van der Waals surface area contributed by atoms with Crippen molar-refractivity contribution in [3.63, 3.8) is 0 Å². The molecule has 0 aliphatic carbocycles. The molecule has 0 saturated carbocycles. The summed E-state index contributed by atoms with van der Waals surface area (Å²) in [4.78, 5) is 17.0. The summed E-state index contributed by atoms with van der Waals surface area (Å²) in [7, 11) is 0. The Morgan fingerprint density at radius 2 is 1.70 bits per heavy atom. The van der Waals surface area contributed by atoms with Gasteiger partial charge in [-0.15, -0.1) is 0 Å². The number of hydrogen-bond donors (Lipinski definition) is 1. The lowest BCUT2D eigenvalue weighted by atomic mass is 10.1. The van der Waals surface area contributed by atoms with Gasteiger partial charge in [-0.3, -0.25) is 4.79 Å². The summed E-state index contributed by atoms with van der Waals surface area (Å²) in [5.74, 6) is 0.112. The number of carbonyl (C=O) groups is 1. The van der Waals surface area contributed by atoms with Crippen LogP contribution in [0.5, 0.6) is 0 Å². The summed E-state index contributed by atoms with van der Waals surface area (Å²) in [6.07, 6.45) is 0. The van der Waals surface area contributed by atoms with E-state index in [1.54, 1.807) is 0 Å². The van der Waals surface area contributed by atoms with Crippen LogP contribution in [0.2, 0.25) is 0 Å². The minimum atomic E-state index is 0.112. The number of nitrogens with zero attached hydrogens (tertiary/aromatic N) is 2. The van der Waals surface area contributed by atoms with Crippen molar-refractivity contribution in [1.82, 2.24) is 4.90 Å². The number of aryl methyl sites for hydroxylation is 1. The SMILES string of the molecule is CCN(CC)c1ccc(NCC(=O)N(Cc2ccccc2)C(C)C)c(C)c1. The van der Waals surface area contributed by atoms with Crippen LogP contribution in [-0.2, 0) is 11.3 Å². The van der Waals surface area contributed by atoms with Crippen molar-refractivity contribution in [2.24, 2.45) is 0 Å². The number of hydrogen-bond acceptors (Lipinski definition) is 3. The first kappa shape index (κ1) is 20.8. The normalized spacial score (nSPS) is 10.7. The van der Waals surface area contributed by atoms with E-state index in [1.807, 2.05) is 23.1 Å². The van der Waals surface area contributed by atoms with Gasteiger partial charge in [-0.25, -0.2) is 0 Å². The fourth-order valence-corrected chi connectivity index (χ4v) is 3.24. The first-order valence-corrected chi connectivity index (χ1v) is 9.89. The molecule has 2 aromatic rings. The molecule has 4 heteroatoms. The van der Waals surface area contributed by atoms with Crippen LogP contribution >= 0.6 is 0 Å². The first-order chi connectivity index (χ1) is 13.0. The zero-order valence-corrected chi connectivity index (χ0v) is 17.3. The lowest BCUT2D eigenvalue weighted by molar-refractivity contribution is -0.131. The second kappa shape index (κ2) is 10.0. The minimum absolute atomic E-state index is 0.112. The van der Waals surface area contributed by atoms with E-state index >= 15 is 0 Å². The molecule has 0 heterocycles. The molecule has 0 aliphatic rings. The predicted octanol–water partition coefficient (Wildman–Crippen LogP) is 4.69. The average molecular weight is 368 g/mol. The number of carbonyl (C=O) groups excluding carboxylic acids is 1. The summed E-state index contributed by atoms with van der Waals surface area (Å²) >= 11 is 0. The lowest BCUT2D eigenvalue weighted by Gasteiger charge is -2.27. The van der Waals surface area contributed by atoms with Crippen LogP contribution < -0.4 is 10.2 Å². The molecule has 1 N–H and O–H groups in total. The third-order valence-corrected chi connectivity index (χ3v) is 4.91. The van der Waals surface area contributed by atoms with Gasteiger partial charge in [-0.1, -0.05) is 30.3 Å². The summed E-state index contributed by atoms with van der Waals surface area (Å²) in [6.45, 7) is 13.5. The highest BCUT2D eigenvalue weighted by Gasteiger charge is 2.17. The zero-order chi connectivity index (χ0) is 19.8. The zero-order valence-electron chi connectivity index (χ0n) is 17.3. The predicted molar refractivity (Wildman–Crippen MR) is 115 cm³/mol. The second-order valence-electron chi connectivity index (χ2n) is 7.13. The van der Waals surface area contributed by atoms with Crippen LogP contribution in [0.3, 0.4) is 0 Å². The fraction of sp³-hybridized carbons (Fsp3) is 0.435. The maximum atomic E-state index is 12.8. The third-order valence-electron chi connectivity index (χ3n) is 4.91. The van der Waals surface area contributed by atoms with E-state index in [9.17, 15) is 4.79 Å². The van der Waals surface area contributed by atoms with Crippen LogP contribution in [0.1, 0.15) is 38.8 Å². The third kappa shape index (κ3) is 5.75. The van der Waals surface area contributed by atoms with E-state index in [0.29, 0.717) is 13.1 Å². The molecule has 4 nitrogen and oxygen atoms in total. The molecular weight excluding hydrogens is 334 g/mol. The molecule has 1 amide bonds. The molecule has 146 valence electrons. The molecule has 0 saturated heterocycles. The molecule has 27 heavy (non-hydrogen) atoms. The number of nitrogens with one attached hydrogen (secondary N) is 1. The van der Waals surface area contributed by atoms with E-state index in [1.165, 1.54) is 5.69 Å². The molecule has 2 rings (SSSR count). The van der Waals surface area contributed by atoms with Crippen LogP contribution in [0.4, 0.5) is 11.4 Å². The molecule has 2 aromatic carbocycles. The Bertz CT molecular complexity index is 724. The molecule has 0 bridgehead atoms. The van der Waals surface area contributed by atoms with Gasteiger partial charge in [0.05, 0.1) is 6.54 Å². The molecule has 0 unspecified atom stereocenters. The van der Waals surface area contributed by atoms with Crippen LogP contribution in [-0.4, -0.2) is 36.5 Å². The average Bonchev–Trinajstić information content (AvgIpc) is 2.66. The standard InChI is InChI=1S/C23H33N3O/c1-6-25(7-2)21-13-14-22(19(5)15-21)24-16-23(27)26(18(3)4)17-20-11-9-8-10-12-20/h8-15,18,24H,6-7,16-17H2,1-5H3. The highest BCUT2D eigenvalue weighted by molar-refractivity contribution is 5.81. The van der Waals surface area contributed by atoms with Gasteiger partial charge in [0.1, 0.15) is 0 Å². The quantitative estimate of drug-likeness (QED) is 0.698. The largest absolute Gasteiger partial charge is 0.376 e. The Labute approximate surface area is 164 Å². The molecule has 0 atom stereocenters. The van der Waals surface area contributed by atoms with Gasteiger partial charge in [-0.2, -0.15) is 0 Å². The van der Waals surface area contributed by atoms with Crippen molar-refractivity contribution in [2.75, 3.05) is 29.9 Å². The first-order valence-electron chi connectivity index (χ1n) is 9.89. The topological polar surface area (TPSA) is 35.6 Å². The summed E-state index contributed by atoms with van der Waals surface area (Å²) in [5.41, 5.74) is 4.55.